The van der Waals surface area contributed by atoms with Gasteiger partial charge in [0.1, 0.15) is 0 Å². The van der Waals surface area contributed by atoms with Crippen molar-refractivity contribution in [3.63, 3.8) is 0 Å². The molecule has 3 rings (SSSR count). The number of aryl methyl sites for hydroxylation is 1. The number of hydrogen-bond donors (Lipinski definition) is 1. The Bertz CT molecular complexity index is 936. The highest BCUT2D eigenvalue weighted by Crippen LogP contribution is 2.26. The van der Waals surface area contributed by atoms with Gasteiger partial charge < -0.3 is 4.90 Å². The molecular weight excluding hydrogens is 380 g/mol. The molecule has 1 aliphatic rings. The highest BCUT2D eigenvalue weighted by atomic mass is 32.2. The number of benzene rings is 2. The van der Waals surface area contributed by atoms with Crippen molar-refractivity contribution < 1.29 is 13.2 Å². The first-order valence-corrected chi connectivity index (χ1v) is 11.6. The van der Waals surface area contributed by atoms with Crippen LogP contribution in [0.3, 0.4) is 0 Å². The number of carbonyl (C=O) groups excluding carboxylic acids is 1. The van der Waals surface area contributed by atoms with Gasteiger partial charge in [0.05, 0.1) is 10.5 Å². The Balaban J connectivity index is 1.84. The predicted octanol–water partition coefficient (Wildman–Crippen LogP) is 3.43. The quantitative estimate of drug-likeness (QED) is 0.749. The number of hydrogen-bond acceptors (Lipinski definition) is 4. The molecule has 0 radical (unpaired) electrons. The van der Waals surface area contributed by atoms with Gasteiger partial charge in [0, 0.05) is 24.5 Å². The lowest BCUT2D eigenvalue weighted by atomic mass is 10.1. The largest absolute Gasteiger partial charge is 0.339 e. The van der Waals surface area contributed by atoms with Crippen LogP contribution in [-0.4, -0.2) is 38.6 Å². The van der Waals surface area contributed by atoms with Crippen molar-refractivity contribution in [2.75, 3.05) is 19.3 Å². The van der Waals surface area contributed by atoms with Gasteiger partial charge in [0.15, 0.2) is 0 Å². The fourth-order valence-electron chi connectivity index (χ4n) is 3.20. The van der Waals surface area contributed by atoms with Crippen LogP contribution in [0.5, 0.6) is 0 Å². The zero-order chi connectivity index (χ0) is 19.4. The summed E-state index contributed by atoms with van der Waals surface area (Å²) in [5, 5.41) is 0. The molecule has 27 heavy (non-hydrogen) atoms. The van der Waals surface area contributed by atoms with Gasteiger partial charge in [0.2, 0.25) is 10.0 Å². The van der Waals surface area contributed by atoms with Crippen LogP contribution < -0.4 is 4.72 Å². The molecule has 1 amide bonds. The van der Waals surface area contributed by atoms with Gasteiger partial charge in [-0.15, -0.1) is 11.8 Å². The average molecular weight is 405 g/mol. The molecule has 0 aliphatic carbocycles. The highest BCUT2D eigenvalue weighted by Gasteiger charge is 2.24. The molecule has 5 nitrogen and oxygen atoms in total. The van der Waals surface area contributed by atoms with Gasteiger partial charge in [-0.2, -0.15) is 0 Å². The highest BCUT2D eigenvalue weighted by molar-refractivity contribution is 7.98. The monoisotopic (exact) mass is 404 g/mol. The molecule has 1 fully saturated rings. The van der Waals surface area contributed by atoms with Crippen LogP contribution in [0, 0.1) is 6.92 Å². The van der Waals surface area contributed by atoms with Crippen LogP contribution in [0.2, 0.25) is 0 Å². The fraction of sp³-hybridized carbons (Fsp3) is 0.350. The van der Waals surface area contributed by atoms with E-state index in [1.165, 1.54) is 17.8 Å². The first-order valence-electron chi connectivity index (χ1n) is 8.93. The molecule has 1 saturated heterocycles. The molecule has 0 aromatic heterocycles. The first-order chi connectivity index (χ1) is 12.9. The number of likely N-dealkylation sites (tertiary alicyclic amines) is 1. The molecule has 0 saturated carbocycles. The molecule has 0 spiro atoms. The summed E-state index contributed by atoms with van der Waals surface area (Å²) < 4.78 is 28.1. The fourth-order valence-corrected chi connectivity index (χ4v) is 4.81. The first kappa shape index (κ1) is 19.9. The van der Waals surface area contributed by atoms with Gasteiger partial charge in [-0.1, -0.05) is 29.8 Å². The lowest BCUT2D eigenvalue weighted by Crippen LogP contribution is -2.29. The maximum absolute atomic E-state index is 12.8. The molecule has 0 unspecified atom stereocenters. The standard InChI is InChI=1S/C20H24N2O3S2/c1-15-6-5-7-16(12-15)14-21-27(24,25)17-8-9-19(26-2)18(13-17)20(23)22-10-3-4-11-22/h5-9,12-13,21H,3-4,10-11,14H2,1-2H3. The second-order valence-corrected chi connectivity index (χ2v) is 9.29. The Morgan fingerprint density at radius 2 is 1.89 bits per heavy atom. The minimum Gasteiger partial charge on any atom is -0.339 e. The minimum absolute atomic E-state index is 0.0902. The van der Waals surface area contributed by atoms with Gasteiger partial charge in [0.25, 0.3) is 5.91 Å². The van der Waals surface area contributed by atoms with Crippen molar-refractivity contribution >= 4 is 27.7 Å². The van der Waals surface area contributed by atoms with E-state index < -0.39 is 10.0 Å². The van der Waals surface area contributed by atoms with Crippen LogP contribution in [0.15, 0.2) is 52.3 Å². The smallest absolute Gasteiger partial charge is 0.255 e. The molecule has 2 aromatic carbocycles. The lowest BCUT2D eigenvalue weighted by Gasteiger charge is -2.18. The third-order valence-electron chi connectivity index (χ3n) is 4.65. The van der Waals surface area contributed by atoms with Gasteiger partial charge in [-0.3, -0.25) is 4.79 Å². The lowest BCUT2D eigenvalue weighted by molar-refractivity contribution is 0.0789. The van der Waals surface area contributed by atoms with Crippen LogP contribution in [-0.2, 0) is 16.6 Å². The van der Waals surface area contributed by atoms with Crippen molar-refractivity contribution in [2.45, 2.75) is 36.1 Å². The molecule has 0 atom stereocenters. The van der Waals surface area contributed by atoms with E-state index in [1.54, 1.807) is 17.0 Å². The minimum atomic E-state index is -3.71. The molecule has 1 N–H and O–H groups in total. The number of sulfonamides is 1. The number of rotatable bonds is 6. The summed E-state index contributed by atoms with van der Waals surface area (Å²) in [5.74, 6) is -0.0902. The molecule has 144 valence electrons. The maximum Gasteiger partial charge on any atom is 0.255 e. The van der Waals surface area contributed by atoms with Crippen molar-refractivity contribution in [1.29, 1.82) is 0 Å². The molecule has 7 heteroatoms. The van der Waals surface area contributed by atoms with Gasteiger partial charge in [-0.25, -0.2) is 13.1 Å². The second kappa shape index (κ2) is 8.46. The average Bonchev–Trinajstić information content (AvgIpc) is 3.20. The van der Waals surface area contributed by atoms with E-state index in [1.807, 2.05) is 37.4 Å². The van der Waals surface area contributed by atoms with E-state index in [0.717, 1.165) is 42.0 Å². The SMILES string of the molecule is CSc1ccc(S(=O)(=O)NCc2cccc(C)c2)cc1C(=O)N1CCCC1. The van der Waals surface area contributed by atoms with E-state index in [2.05, 4.69) is 4.72 Å². The zero-order valence-electron chi connectivity index (χ0n) is 15.6. The van der Waals surface area contributed by atoms with E-state index in [9.17, 15) is 13.2 Å². The van der Waals surface area contributed by atoms with Crippen molar-refractivity contribution in [3.05, 3.63) is 59.2 Å². The topological polar surface area (TPSA) is 66.5 Å². The number of amides is 1. The van der Waals surface area contributed by atoms with Gasteiger partial charge >= 0.3 is 0 Å². The zero-order valence-corrected chi connectivity index (χ0v) is 17.2. The Hall–Kier alpha value is -1.83. The molecule has 1 aliphatic heterocycles. The second-order valence-electron chi connectivity index (χ2n) is 6.68. The van der Waals surface area contributed by atoms with Crippen LogP contribution in [0.4, 0.5) is 0 Å². The normalized spacial score (nSPS) is 14.5. The number of thioether (sulfide) groups is 1. The Morgan fingerprint density at radius 3 is 2.56 bits per heavy atom. The summed E-state index contributed by atoms with van der Waals surface area (Å²) in [7, 11) is -3.71. The molecule has 1 heterocycles. The Kier molecular flexibility index (Phi) is 6.24. The Morgan fingerprint density at radius 1 is 1.15 bits per heavy atom. The van der Waals surface area contributed by atoms with Crippen LogP contribution >= 0.6 is 11.8 Å². The summed E-state index contributed by atoms with van der Waals surface area (Å²) in [6, 6.07) is 12.5. The summed E-state index contributed by atoms with van der Waals surface area (Å²) >= 11 is 1.45. The molecule has 0 bridgehead atoms. The van der Waals surface area contributed by atoms with Crippen molar-refractivity contribution in [1.82, 2.24) is 9.62 Å². The van der Waals surface area contributed by atoms with Gasteiger partial charge in [-0.05, 0) is 49.8 Å². The third-order valence-corrected chi connectivity index (χ3v) is 6.85. The maximum atomic E-state index is 12.8. The van der Waals surface area contributed by atoms with Crippen LogP contribution in [0.1, 0.15) is 34.3 Å². The predicted molar refractivity (Wildman–Crippen MR) is 109 cm³/mol. The Labute approximate surface area is 165 Å². The van der Waals surface area contributed by atoms with E-state index in [4.69, 9.17) is 0 Å². The van der Waals surface area contributed by atoms with E-state index in [-0.39, 0.29) is 17.3 Å². The molecular formula is C20H24N2O3S2. The number of nitrogens with one attached hydrogen (secondary N) is 1. The summed E-state index contributed by atoms with van der Waals surface area (Å²) in [4.78, 5) is 15.5. The van der Waals surface area contributed by atoms with E-state index >= 15 is 0 Å². The summed E-state index contributed by atoms with van der Waals surface area (Å²) in [5.41, 5.74) is 2.44. The number of carbonyl (C=O) groups is 1. The number of nitrogens with zero attached hydrogens (tertiary/aromatic N) is 1. The van der Waals surface area contributed by atoms with Crippen LogP contribution in [0.25, 0.3) is 0 Å². The summed E-state index contributed by atoms with van der Waals surface area (Å²) in [6.07, 6.45) is 3.88. The third kappa shape index (κ3) is 4.72. The molecule has 2 aromatic rings. The summed E-state index contributed by atoms with van der Waals surface area (Å²) in [6.45, 7) is 3.64. The van der Waals surface area contributed by atoms with Crippen molar-refractivity contribution in [3.8, 4) is 0 Å². The van der Waals surface area contributed by atoms with E-state index in [0.29, 0.717) is 5.56 Å². The van der Waals surface area contributed by atoms with Crippen molar-refractivity contribution in [2.24, 2.45) is 0 Å².